The average molecular weight is 238 g/mol. The van der Waals surface area contributed by atoms with Crippen molar-refractivity contribution in [2.45, 2.75) is 6.92 Å². The van der Waals surface area contributed by atoms with Crippen molar-refractivity contribution in [3.05, 3.63) is 71.3 Å². The zero-order valence-electron chi connectivity index (χ0n) is 10.1. The van der Waals surface area contributed by atoms with Gasteiger partial charge in [0.15, 0.2) is 5.78 Å². The van der Waals surface area contributed by atoms with Gasteiger partial charge in [-0.1, -0.05) is 42.5 Å². The van der Waals surface area contributed by atoms with Crippen LogP contribution in [-0.4, -0.2) is 10.9 Å². The summed E-state index contributed by atoms with van der Waals surface area (Å²) < 4.78 is 0. The maximum Gasteiger partial charge on any atom is 0.186 e. The molecule has 0 aromatic heterocycles. The van der Waals surface area contributed by atoms with E-state index in [9.17, 15) is 4.79 Å². The molecule has 0 aliphatic carbocycles. The van der Waals surface area contributed by atoms with E-state index in [0.29, 0.717) is 5.56 Å². The molecule has 1 N–H and O–H groups in total. The van der Waals surface area contributed by atoms with Gasteiger partial charge in [0.2, 0.25) is 0 Å². The first kappa shape index (κ1) is 12.1. The van der Waals surface area contributed by atoms with Gasteiger partial charge in [-0.3, -0.25) is 4.79 Å². The molecular formula is C16H14O2. The number of carbonyl (C=O) groups is 1. The Labute approximate surface area is 106 Å². The van der Waals surface area contributed by atoms with E-state index in [1.54, 1.807) is 36.4 Å². The molecule has 18 heavy (non-hydrogen) atoms. The lowest BCUT2D eigenvalue weighted by Crippen LogP contribution is -1.96. The third kappa shape index (κ3) is 2.86. The topological polar surface area (TPSA) is 37.3 Å². The highest BCUT2D eigenvalue weighted by Crippen LogP contribution is 2.13. The Hall–Kier alpha value is -2.35. The average Bonchev–Trinajstić information content (AvgIpc) is 2.38. The van der Waals surface area contributed by atoms with Gasteiger partial charge in [-0.2, -0.15) is 0 Å². The molecule has 0 atom stereocenters. The van der Waals surface area contributed by atoms with Gasteiger partial charge in [-0.25, -0.2) is 0 Å². The van der Waals surface area contributed by atoms with Gasteiger partial charge in [-0.15, -0.1) is 0 Å². The van der Waals surface area contributed by atoms with Gasteiger partial charge in [-0.05, 0) is 36.3 Å². The van der Waals surface area contributed by atoms with E-state index in [0.717, 1.165) is 11.1 Å². The van der Waals surface area contributed by atoms with Crippen LogP contribution in [-0.2, 0) is 0 Å². The molecule has 0 aliphatic rings. The SMILES string of the molecule is Cc1ccccc1C(=O)C=Cc1ccc(O)cc1. The van der Waals surface area contributed by atoms with Gasteiger partial charge in [0.25, 0.3) is 0 Å². The molecule has 0 bridgehead atoms. The minimum atomic E-state index is -0.0128. The molecule has 2 aromatic rings. The molecule has 0 fully saturated rings. The van der Waals surface area contributed by atoms with Gasteiger partial charge < -0.3 is 5.11 Å². The summed E-state index contributed by atoms with van der Waals surface area (Å²) in [5, 5.41) is 9.16. The number of carbonyl (C=O) groups excluding carboxylic acids is 1. The van der Waals surface area contributed by atoms with Crippen LogP contribution in [0, 0.1) is 6.92 Å². The Morgan fingerprint density at radius 1 is 1.06 bits per heavy atom. The summed E-state index contributed by atoms with van der Waals surface area (Å²) in [4.78, 5) is 12.0. The maximum atomic E-state index is 12.0. The van der Waals surface area contributed by atoms with Crippen molar-refractivity contribution in [3.63, 3.8) is 0 Å². The Morgan fingerprint density at radius 2 is 1.72 bits per heavy atom. The van der Waals surface area contributed by atoms with Crippen molar-refractivity contribution in [2.75, 3.05) is 0 Å². The fraction of sp³-hybridized carbons (Fsp3) is 0.0625. The van der Waals surface area contributed by atoms with Crippen molar-refractivity contribution in [3.8, 4) is 5.75 Å². The molecule has 2 nitrogen and oxygen atoms in total. The van der Waals surface area contributed by atoms with E-state index < -0.39 is 0 Å². The fourth-order valence-corrected chi connectivity index (χ4v) is 1.70. The third-order valence-electron chi connectivity index (χ3n) is 2.73. The van der Waals surface area contributed by atoms with E-state index in [2.05, 4.69) is 0 Å². The Kier molecular flexibility index (Phi) is 3.58. The second-order valence-electron chi connectivity index (χ2n) is 4.10. The molecule has 0 unspecified atom stereocenters. The number of benzene rings is 2. The molecule has 0 radical (unpaired) electrons. The van der Waals surface area contributed by atoms with Gasteiger partial charge in [0.05, 0.1) is 0 Å². The number of rotatable bonds is 3. The molecule has 90 valence electrons. The Morgan fingerprint density at radius 3 is 2.39 bits per heavy atom. The fourth-order valence-electron chi connectivity index (χ4n) is 1.70. The standard InChI is InChI=1S/C16H14O2/c1-12-4-2-3-5-15(12)16(18)11-8-13-6-9-14(17)10-7-13/h2-11,17H,1H3. The van der Waals surface area contributed by atoms with Crippen LogP contribution in [0.1, 0.15) is 21.5 Å². The molecule has 0 aliphatic heterocycles. The van der Waals surface area contributed by atoms with E-state index in [1.165, 1.54) is 0 Å². The zero-order valence-corrected chi connectivity index (χ0v) is 10.1. The Balaban J connectivity index is 2.17. The van der Waals surface area contributed by atoms with E-state index in [4.69, 9.17) is 5.11 Å². The van der Waals surface area contributed by atoms with Gasteiger partial charge in [0.1, 0.15) is 5.75 Å². The van der Waals surface area contributed by atoms with Crippen molar-refractivity contribution in [1.29, 1.82) is 0 Å². The second kappa shape index (κ2) is 5.32. The number of phenols is 1. The largest absolute Gasteiger partial charge is 0.508 e. The number of phenolic OH excluding ortho intramolecular Hbond substituents is 1. The molecule has 0 heterocycles. The summed E-state index contributed by atoms with van der Waals surface area (Å²) in [6.45, 7) is 1.92. The highest BCUT2D eigenvalue weighted by molar-refractivity contribution is 6.07. The molecule has 0 amide bonds. The summed E-state index contributed by atoms with van der Waals surface area (Å²) in [5.41, 5.74) is 2.57. The van der Waals surface area contributed by atoms with Crippen LogP contribution >= 0.6 is 0 Å². The van der Waals surface area contributed by atoms with Crippen molar-refractivity contribution < 1.29 is 9.90 Å². The summed E-state index contributed by atoms with van der Waals surface area (Å²) >= 11 is 0. The molecule has 0 saturated carbocycles. The molecule has 2 heteroatoms. The third-order valence-corrected chi connectivity index (χ3v) is 2.73. The Bertz CT molecular complexity index is 580. The summed E-state index contributed by atoms with van der Waals surface area (Å²) in [5.74, 6) is 0.207. The number of hydrogen-bond donors (Lipinski definition) is 1. The second-order valence-corrected chi connectivity index (χ2v) is 4.10. The smallest absolute Gasteiger partial charge is 0.186 e. The number of aromatic hydroxyl groups is 1. The minimum Gasteiger partial charge on any atom is -0.508 e. The predicted octanol–water partition coefficient (Wildman–Crippen LogP) is 3.60. The quantitative estimate of drug-likeness (QED) is 0.655. The summed E-state index contributed by atoms with van der Waals surface area (Å²) in [6.07, 6.45) is 3.29. The lowest BCUT2D eigenvalue weighted by atomic mass is 10.0. The monoisotopic (exact) mass is 238 g/mol. The first-order valence-electron chi connectivity index (χ1n) is 5.74. The molecule has 0 spiro atoms. The van der Waals surface area contributed by atoms with Crippen LogP contribution in [0.15, 0.2) is 54.6 Å². The highest BCUT2D eigenvalue weighted by Gasteiger charge is 2.03. The van der Waals surface area contributed by atoms with Gasteiger partial charge in [0, 0.05) is 5.56 Å². The van der Waals surface area contributed by atoms with Crippen LogP contribution in [0.2, 0.25) is 0 Å². The van der Waals surface area contributed by atoms with Crippen molar-refractivity contribution in [1.82, 2.24) is 0 Å². The van der Waals surface area contributed by atoms with Crippen molar-refractivity contribution >= 4 is 11.9 Å². The maximum absolute atomic E-state index is 12.0. The summed E-state index contributed by atoms with van der Waals surface area (Å²) in [7, 11) is 0. The normalized spacial score (nSPS) is 10.7. The van der Waals surface area contributed by atoms with E-state index in [1.807, 2.05) is 31.2 Å². The van der Waals surface area contributed by atoms with Crippen LogP contribution in [0.25, 0.3) is 6.08 Å². The first-order chi connectivity index (χ1) is 8.66. The first-order valence-corrected chi connectivity index (χ1v) is 5.74. The van der Waals surface area contributed by atoms with Crippen LogP contribution in [0.3, 0.4) is 0 Å². The molecule has 0 saturated heterocycles. The van der Waals surface area contributed by atoms with Crippen LogP contribution in [0.5, 0.6) is 5.75 Å². The number of aryl methyl sites for hydroxylation is 1. The van der Waals surface area contributed by atoms with Gasteiger partial charge >= 0.3 is 0 Å². The summed E-state index contributed by atoms with van der Waals surface area (Å²) in [6, 6.07) is 14.2. The van der Waals surface area contributed by atoms with Crippen molar-refractivity contribution in [2.24, 2.45) is 0 Å². The number of ketones is 1. The van der Waals surface area contributed by atoms with Crippen LogP contribution in [0.4, 0.5) is 0 Å². The molecule has 2 rings (SSSR count). The number of hydrogen-bond acceptors (Lipinski definition) is 2. The highest BCUT2D eigenvalue weighted by atomic mass is 16.3. The molecule has 2 aromatic carbocycles. The predicted molar refractivity (Wildman–Crippen MR) is 72.7 cm³/mol. The molecular weight excluding hydrogens is 224 g/mol. The van der Waals surface area contributed by atoms with Crippen LogP contribution < -0.4 is 0 Å². The zero-order chi connectivity index (χ0) is 13.0. The lowest BCUT2D eigenvalue weighted by Gasteiger charge is -2.00. The van der Waals surface area contributed by atoms with E-state index in [-0.39, 0.29) is 11.5 Å². The lowest BCUT2D eigenvalue weighted by molar-refractivity contribution is 0.104. The number of allylic oxidation sites excluding steroid dienone is 1. The minimum absolute atomic E-state index is 0.0128. The van der Waals surface area contributed by atoms with E-state index >= 15 is 0 Å².